The third-order valence-electron chi connectivity index (χ3n) is 3.83. The minimum Gasteiger partial charge on any atom is -0.316 e. The third kappa shape index (κ3) is 9.59. The molecule has 0 aromatic heterocycles. The van der Waals surface area contributed by atoms with Crippen LogP contribution in [0.25, 0.3) is 0 Å². The SMILES string of the molecule is CCCCCCCCCC(CSc1ccc(Br)cc1)NC. The van der Waals surface area contributed by atoms with Crippen molar-refractivity contribution in [3.05, 3.63) is 28.7 Å². The highest BCUT2D eigenvalue weighted by Gasteiger charge is 2.06. The summed E-state index contributed by atoms with van der Waals surface area (Å²) in [6.45, 7) is 2.28. The molecule has 0 aliphatic carbocycles. The fourth-order valence-corrected chi connectivity index (χ4v) is 3.71. The minimum atomic E-state index is 0.634. The Morgan fingerprint density at radius 1 is 1.00 bits per heavy atom. The van der Waals surface area contributed by atoms with Crippen LogP contribution in [-0.4, -0.2) is 18.8 Å². The molecule has 1 rings (SSSR count). The Kier molecular flexibility index (Phi) is 11.4. The number of benzene rings is 1. The van der Waals surface area contributed by atoms with E-state index in [1.54, 1.807) is 0 Å². The summed E-state index contributed by atoms with van der Waals surface area (Å²) in [5.41, 5.74) is 0. The van der Waals surface area contributed by atoms with Gasteiger partial charge < -0.3 is 5.32 Å². The second-order valence-electron chi connectivity index (χ2n) is 5.66. The number of nitrogens with one attached hydrogen (secondary N) is 1. The fraction of sp³-hybridized carbons (Fsp3) is 0.667. The molecule has 0 bridgehead atoms. The summed E-state index contributed by atoms with van der Waals surface area (Å²) in [6.07, 6.45) is 11.1. The normalized spacial score (nSPS) is 12.5. The van der Waals surface area contributed by atoms with Gasteiger partial charge in [0.25, 0.3) is 0 Å². The van der Waals surface area contributed by atoms with Crippen LogP contribution in [0.4, 0.5) is 0 Å². The monoisotopic (exact) mass is 371 g/mol. The van der Waals surface area contributed by atoms with E-state index in [1.807, 2.05) is 11.8 Å². The van der Waals surface area contributed by atoms with Crippen molar-refractivity contribution in [2.24, 2.45) is 0 Å². The summed E-state index contributed by atoms with van der Waals surface area (Å²) in [5, 5.41) is 3.46. The molecule has 0 saturated heterocycles. The van der Waals surface area contributed by atoms with Crippen LogP contribution < -0.4 is 5.32 Å². The van der Waals surface area contributed by atoms with Gasteiger partial charge >= 0.3 is 0 Å². The number of unbranched alkanes of at least 4 members (excludes halogenated alkanes) is 6. The van der Waals surface area contributed by atoms with E-state index in [0.717, 1.165) is 10.2 Å². The number of hydrogen-bond donors (Lipinski definition) is 1. The molecular weight excluding hydrogens is 342 g/mol. The van der Waals surface area contributed by atoms with Crippen LogP contribution in [0.2, 0.25) is 0 Å². The second kappa shape index (κ2) is 12.5. The van der Waals surface area contributed by atoms with E-state index in [4.69, 9.17) is 0 Å². The van der Waals surface area contributed by atoms with E-state index in [1.165, 1.54) is 56.3 Å². The van der Waals surface area contributed by atoms with Crippen molar-refractivity contribution in [3.63, 3.8) is 0 Å². The standard InChI is InChI=1S/C18H30BrNS/c1-3-4-5-6-7-8-9-10-17(20-2)15-21-18-13-11-16(19)12-14-18/h11-14,17,20H,3-10,15H2,1-2H3. The van der Waals surface area contributed by atoms with Gasteiger partial charge in [-0.3, -0.25) is 0 Å². The molecule has 0 spiro atoms. The molecule has 120 valence electrons. The molecule has 1 nitrogen and oxygen atoms in total. The average molecular weight is 372 g/mol. The van der Waals surface area contributed by atoms with Gasteiger partial charge in [-0.05, 0) is 37.7 Å². The Balaban J connectivity index is 2.09. The van der Waals surface area contributed by atoms with Crippen molar-refractivity contribution < 1.29 is 0 Å². The zero-order valence-corrected chi connectivity index (χ0v) is 15.9. The van der Waals surface area contributed by atoms with Gasteiger partial charge in [0.15, 0.2) is 0 Å². The molecule has 1 unspecified atom stereocenters. The van der Waals surface area contributed by atoms with Gasteiger partial charge in [0.1, 0.15) is 0 Å². The maximum absolute atomic E-state index is 3.48. The Bertz CT molecular complexity index is 353. The summed E-state index contributed by atoms with van der Waals surface area (Å²) < 4.78 is 1.15. The summed E-state index contributed by atoms with van der Waals surface area (Å²) in [4.78, 5) is 1.36. The van der Waals surface area contributed by atoms with Crippen LogP contribution in [0, 0.1) is 0 Å². The topological polar surface area (TPSA) is 12.0 Å². The van der Waals surface area contributed by atoms with Gasteiger partial charge in [-0.1, -0.05) is 67.8 Å². The van der Waals surface area contributed by atoms with Crippen molar-refractivity contribution in [3.8, 4) is 0 Å². The molecule has 3 heteroatoms. The zero-order chi connectivity index (χ0) is 15.3. The average Bonchev–Trinajstić information content (AvgIpc) is 2.51. The Morgan fingerprint density at radius 2 is 1.62 bits per heavy atom. The summed E-state index contributed by atoms with van der Waals surface area (Å²) in [7, 11) is 2.09. The van der Waals surface area contributed by atoms with E-state index >= 15 is 0 Å². The molecule has 0 amide bonds. The van der Waals surface area contributed by atoms with Crippen LogP contribution in [0.1, 0.15) is 58.3 Å². The summed E-state index contributed by atoms with van der Waals surface area (Å²) in [6, 6.07) is 9.25. The number of rotatable bonds is 12. The molecule has 0 saturated carbocycles. The highest BCUT2D eigenvalue weighted by Crippen LogP contribution is 2.22. The Morgan fingerprint density at radius 3 is 2.24 bits per heavy atom. The van der Waals surface area contributed by atoms with Gasteiger partial charge in [0.2, 0.25) is 0 Å². The molecular formula is C18H30BrNS. The Hall–Kier alpha value is 0.01000. The summed E-state index contributed by atoms with van der Waals surface area (Å²) in [5.74, 6) is 1.16. The van der Waals surface area contributed by atoms with Gasteiger partial charge in [0.05, 0.1) is 0 Å². The van der Waals surface area contributed by atoms with E-state index in [0.29, 0.717) is 6.04 Å². The molecule has 1 aromatic carbocycles. The first kappa shape index (κ1) is 19.1. The maximum atomic E-state index is 3.48. The minimum absolute atomic E-state index is 0.634. The molecule has 1 atom stereocenters. The van der Waals surface area contributed by atoms with Gasteiger partial charge in [-0.15, -0.1) is 11.8 Å². The molecule has 0 aliphatic rings. The predicted octanol–water partition coefficient (Wildman–Crippen LogP) is 6.27. The highest BCUT2D eigenvalue weighted by molar-refractivity contribution is 9.10. The van der Waals surface area contributed by atoms with Crippen molar-refractivity contribution >= 4 is 27.7 Å². The van der Waals surface area contributed by atoms with E-state index in [9.17, 15) is 0 Å². The molecule has 1 aromatic rings. The van der Waals surface area contributed by atoms with E-state index in [-0.39, 0.29) is 0 Å². The molecule has 0 radical (unpaired) electrons. The largest absolute Gasteiger partial charge is 0.316 e. The smallest absolute Gasteiger partial charge is 0.0176 e. The van der Waals surface area contributed by atoms with Gasteiger partial charge in [-0.2, -0.15) is 0 Å². The number of thioether (sulfide) groups is 1. The second-order valence-corrected chi connectivity index (χ2v) is 7.67. The van der Waals surface area contributed by atoms with Crippen molar-refractivity contribution in [2.75, 3.05) is 12.8 Å². The lowest BCUT2D eigenvalue weighted by atomic mass is 10.1. The Labute approximate surface area is 143 Å². The van der Waals surface area contributed by atoms with E-state index < -0.39 is 0 Å². The van der Waals surface area contributed by atoms with Crippen LogP contribution in [0.15, 0.2) is 33.6 Å². The lowest BCUT2D eigenvalue weighted by molar-refractivity contribution is 0.511. The first-order chi connectivity index (χ1) is 10.3. The molecule has 1 N–H and O–H groups in total. The predicted molar refractivity (Wildman–Crippen MR) is 100 cm³/mol. The fourth-order valence-electron chi connectivity index (χ4n) is 2.39. The molecule has 0 fully saturated rings. The quantitative estimate of drug-likeness (QED) is 0.343. The maximum Gasteiger partial charge on any atom is 0.0176 e. The number of hydrogen-bond acceptors (Lipinski definition) is 2. The van der Waals surface area contributed by atoms with Crippen LogP contribution in [0.5, 0.6) is 0 Å². The first-order valence-electron chi connectivity index (χ1n) is 8.32. The van der Waals surface area contributed by atoms with Crippen LogP contribution in [0.3, 0.4) is 0 Å². The van der Waals surface area contributed by atoms with Crippen LogP contribution in [-0.2, 0) is 0 Å². The van der Waals surface area contributed by atoms with Crippen molar-refractivity contribution in [2.45, 2.75) is 69.2 Å². The van der Waals surface area contributed by atoms with Crippen molar-refractivity contribution in [1.29, 1.82) is 0 Å². The number of halogens is 1. The lowest BCUT2D eigenvalue weighted by Crippen LogP contribution is -2.27. The van der Waals surface area contributed by atoms with Crippen molar-refractivity contribution in [1.82, 2.24) is 5.32 Å². The first-order valence-corrected chi connectivity index (χ1v) is 10.1. The van der Waals surface area contributed by atoms with E-state index in [2.05, 4.69) is 59.5 Å². The molecule has 0 heterocycles. The zero-order valence-electron chi connectivity index (χ0n) is 13.5. The third-order valence-corrected chi connectivity index (χ3v) is 5.53. The lowest BCUT2D eigenvalue weighted by Gasteiger charge is -2.15. The highest BCUT2D eigenvalue weighted by atomic mass is 79.9. The molecule has 0 aliphatic heterocycles. The molecule has 21 heavy (non-hydrogen) atoms. The van der Waals surface area contributed by atoms with Gasteiger partial charge in [0, 0.05) is 21.2 Å². The van der Waals surface area contributed by atoms with Gasteiger partial charge in [-0.25, -0.2) is 0 Å². The summed E-state index contributed by atoms with van der Waals surface area (Å²) >= 11 is 5.44. The van der Waals surface area contributed by atoms with Crippen LogP contribution >= 0.6 is 27.7 Å².